The van der Waals surface area contributed by atoms with Crippen molar-refractivity contribution in [3.63, 3.8) is 0 Å². The van der Waals surface area contributed by atoms with Gasteiger partial charge in [-0.3, -0.25) is 9.59 Å². The van der Waals surface area contributed by atoms with E-state index < -0.39 is 17.3 Å². The summed E-state index contributed by atoms with van der Waals surface area (Å²) in [7, 11) is 0. The van der Waals surface area contributed by atoms with Crippen molar-refractivity contribution in [1.29, 1.82) is 0 Å². The first-order valence-electron chi connectivity index (χ1n) is 6.60. The van der Waals surface area contributed by atoms with Gasteiger partial charge in [0, 0.05) is 18.0 Å². The Hall–Kier alpha value is -2.28. The molecule has 1 atom stereocenters. The summed E-state index contributed by atoms with van der Waals surface area (Å²) in [5.74, 6) is 4.10. The Morgan fingerprint density at radius 3 is 2.55 bits per heavy atom. The number of hydrogen-bond donors (Lipinski definition) is 2. The van der Waals surface area contributed by atoms with Crippen molar-refractivity contribution in [2.24, 2.45) is 5.41 Å². The summed E-state index contributed by atoms with van der Waals surface area (Å²) in [5, 5.41) is 12.0. The van der Waals surface area contributed by atoms with E-state index in [-0.39, 0.29) is 12.5 Å². The molecule has 1 aliphatic rings. The zero-order chi connectivity index (χ0) is 14.6. The van der Waals surface area contributed by atoms with Gasteiger partial charge in [0.25, 0.3) is 0 Å². The van der Waals surface area contributed by atoms with E-state index >= 15 is 0 Å². The first-order valence-corrected chi connectivity index (χ1v) is 6.60. The summed E-state index contributed by atoms with van der Waals surface area (Å²) in [4.78, 5) is 23.4. The van der Waals surface area contributed by atoms with Gasteiger partial charge in [-0.15, -0.1) is 0 Å². The van der Waals surface area contributed by atoms with E-state index in [9.17, 15) is 14.7 Å². The van der Waals surface area contributed by atoms with Gasteiger partial charge in [-0.05, 0) is 31.9 Å². The van der Waals surface area contributed by atoms with Crippen LogP contribution in [0.4, 0.5) is 0 Å². The van der Waals surface area contributed by atoms with E-state index in [1.165, 1.54) is 6.92 Å². The molecule has 0 spiro atoms. The first-order chi connectivity index (χ1) is 9.52. The molecule has 0 aromatic heterocycles. The predicted octanol–water partition coefficient (Wildman–Crippen LogP) is 1.80. The molecule has 20 heavy (non-hydrogen) atoms. The van der Waals surface area contributed by atoms with Crippen molar-refractivity contribution < 1.29 is 14.7 Å². The molecule has 0 saturated heterocycles. The number of nitrogens with one attached hydrogen (secondary N) is 1. The van der Waals surface area contributed by atoms with Gasteiger partial charge < -0.3 is 10.4 Å². The second kappa shape index (κ2) is 5.79. The quantitative estimate of drug-likeness (QED) is 0.648. The zero-order valence-corrected chi connectivity index (χ0v) is 11.3. The number of amides is 1. The summed E-state index contributed by atoms with van der Waals surface area (Å²) in [6.45, 7) is 1.42. The smallest absolute Gasteiger partial charge is 0.319 e. The Morgan fingerprint density at radius 1 is 1.35 bits per heavy atom. The molecule has 104 valence electrons. The zero-order valence-electron chi connectivity index (χ0n) is 11.3. The number of carboxylic acids is 1. The molecule has 1 saturated carbocycles. The van der Waals surface area contributed by atoms with Crippen LogP contribution in [0.25, 0.3) is 0 Å². The molecule has 0 heterocycles. The molecule has 0 bridgehead atoms. The highest BCUT2D eigenvalue weighted by Gasteiger charge is 2.42. The maximum Gasteiger partial charge on any atom is 0.319 e. The van der Waals surface area contributed by atoms with Crippen molar-refractivity contribution in [3.05, 3.63) is 35.9 Å². The number of hydrogen-bond acceptors (Lipinski definition) is 2. The monoisotopic (exact) mass is 271 g/mol. The molecule has 2 rings (SSSR count). The van der Waals surface area contributed by atoms with Gasteiger partial charge >= 0.3 is 5.97 Å². The van der Waals surface area contributed by atoms with Crippen molar-refractivity contribution >= 4 is 11.9 Å². The lowest BCUT2D eigenvalue weighted by atomic mass is 9.86. The van der Waals surface area contributed by atoms with Crippen LogP contribution >= 0.6 is 0 Å². The minimum Gasteiger partial charge on any atom is -0.480 e. The fourth-order valence-corrected chi connectivity index (χ4v) is 1.67. The number of carbonyl (C=O) groups excluding carboxylic acids is 1. The van der Waals surface area contributed by atoms with Gasteiger partial charge in [0.05, 0.1) is 0 Å². The Balaban J connectivity index is 2.07. The largest absolute Gasteiger partial charge is 0.480 e. The molecular weight excluding hydrogens is 254 g/mol. The van der Waals surface area contributed by atoms with Crippen LogP contribution in [0.3, 0.4) is 0 Å². The van der Waals surface area contributed by atoms with E-state index in [4.69, 9.17) is 0 Å². The minimum absolute atomic E-state index is 0.00419. The summed E-state index contributed by atoms with van der Waals surface area (Å²) >= 11 is 0. The average Bonchev–Trinajstić information content (AvgIpc) is 3.23. The van der Waals surface area contributed by atoms with E-state index in [0.29, 0.717) is 0 Å². The van der Waals surface area contributed by atoms with Crippen molar-refractivity contribution in [1.82, 2.24) is 5.32 Å². The number of carboxylic acid groups (broad SMARTS) is 1. The predicted molar refractivity (Wildman–Crippen MR) is 74.8 cm³/mol. The highest BCUT2D eigenvalue weighted by atomic mass is 16.4. The number of carbonyl (C=O) groups is 2. The summed E-state index contributed by atoms with van der Waals surface area (Å²) in [5.41, 5.74) is -0.687. The first kappa shape index (κ1) is 14.1. The highest BCUT2D eigenvalue weighted by molar-refractivity contribution is 6.02. The molecule has 1 aromatic rings. The van der Waals surface area contributed by atoms with E-state index in [2.05, 4.69) is 17.2 Å². The van der Waals surface area contributed by atoms with Crippen molar-refractivity contribution in [3.8, 4) is 11.8 Å². The Labute approximate surface area is 118 Å². The molecular formula is C16H17NO3. The van der Waals surface area contributed by atoms with Crippen LogP contribution < -0.4 is 5.32 Å². The lowest BCUT2D eigenvalue weighted by molar-refractivity contribution is -0.154. The Kier molecular flexibility index (Phi) is 4.09. The van der Waals surface area contributed by atoms with Crippen LogP contribution in [-0.2, 0) is 9.59 Å². The molecule has 1 aromatic carbocycles. The highest BCUT2D eigenvalue weighted by Crippen LogP contribution is 2.25. The minimum atomic E-state index is -1.50. The maximum atomic E-state index is 12.0. The third kappa shape index (κ3) is 3.39. The fraction of sp³-hybridized carbons (Fsp3) is 0.375. The molecule has 1 amide bonds. The van der Waals surface area contributed by atoms with Crippen LogP contribution in [0, 0.1) is 17.3 Å². The van der Waals surface area contributed by atoms with Crippen LogP contribution in [0.1, 0.15) is 31.7 Å². The van der Waals surface area contributed by atoms with E-state index in [1.807, 2.05) is 30.3 Å². The Bertz CT molecular complexity index is 566. The van der Waals surface area contributed by atoms with Crippen LogP contribution in [0.15, 0.2) is 30.3 Å². The lowest BCUT2D eigenvalue weighted by Gasteiger charge is -2.21. The SMILES string of the molecule is CC(CC#Cc1ccccc1)(C(=O)O)C(=O)NC1CC1. The average molecular weight is 271 g/mol. The van der Waals surface area contributed by atoms with Crippen molar-refractivity contribution in [2.75, 3.05) is 0 Å². The normalized spacial score (nSPS) is 16.4. The third-order valence-corrected chi connectivity index (χ3v) is 3.33. The van der Waals surface area contributed by atoms with Gasteiger partial charge in [0.15, 0.2) is 5.41 Å². The van der Waals surface area contributed by atoms with Gasteiger partial charge in [-0.1, -0.05) is 30.0 Å². The van der Waals surface area contributed by atoms with Gasteiger partial charge in [-0.2, -0.15) is 0 Å². The van der Waals surface area contributed by atoms with E-state index in [1.54, 1.807) is 0 Å². The lowest BCUT2D eigenvalue weighted by Crippen LogP contribution is -2.45. The molecule has 1 fully saturated rings. The fourth-order valence-electron chi connectivity index (χ4n) is 1.67. The third-order valence-electron chi connectivity index (χ3n) is 3.33. The number of aliphatic carboxylic acids is 1. The summed E-state index contributed by atoms with van der Waals surface area (Å²) < 4.78 is 0. The van der Waals surface area contributed by atoms with Gasteiger partial charge in [0.2, 0.25) is 5.91 Å². The second-order valence-corrected chi connectivity index (χ2v) is 5.23. The molecule has 4 nitrogen and oxygen atoms in total. The molecule has 1 aliphatic carbocycles. The van der Waals surface area contributed by atoms with Gasteiger partial charge in [0.1, 0.15) is 0 Å². The molecule has 0 aliphatic heterocycles. The van der Waals surface area contributed by atoms with Crippen LogP contribution in [0.5, 0.6) is 0 Å². The van der Waals surface area contributed by atoms with Crippen LogP contribution in [0.2, 0.25) is 0 Å². The number of rotatable bonds is 4. The Morgan fingerprint density at radius 2 is 2.00 bits per heavy atom. The molecule has 0 radical (unpaired) electrons. The van der Waals surface area contributed by atoms with E-state index in [0.717, 1.165) is 18.4 Å². The second-order valence-electron chi connectivity index (χ2n) is 5.23. The molecule has 1 unspecified atom stereocenters. The molecule has 2 N–H and O–H groups in total. The summed E-state index contributed by atoms with van der Waals surface area (Å²) in [6, 6.07) is 9.43. The summed E-state index contributed by atoms with van der Waals surface area (Å²) in [6.07, 6.45) is 1.85. The standard InChI is InChI=1S/C16H17NO3/c1-16(15(19)20,14(18)17-13-9-10-13)11-5-8-12-6-3-2-4-7-12/h2-4,6-7,13H,9-11H2,1H3,(H,17,18)(H,19,20). The topological polar surface area (TPSA) is 66.4 Å². The molecule has 4 heteroatoms. The van der Waals surface area contributed by atoms with Crippen molar-refractivity contribution in [2.45, 2.75) is 32.2 Å². The number of benzene rings is 1. The maximum absolute atomic E-state index is 12.0. The van der Waals surface area contributed by atoms with Gasteiger partial charge in [-0.25, -0.2) is 0 Å². The van der Waals surface area contributed by atoms with Crippen LogP contribution in [-0.4, -0.2) is 23.0 Å².